The molecule has 0 radical (unpaired) electrons. The van der Waals surface area contributed by atoms with Crippen molar-refractivity contribution in [1.29, 1.82) is 0 Å². The van der Waals surface area contributed by atoms with Gasteiger partial charge in [-0.2, -0.15) is 0 Å². The van der Waals surface area contributed by atoms with Crippen LogP contribution in [-0.2, 0) is 14.9 Å². The second kappa shape index (κ2) is 6.75. The van der Waals surface area contributed by atoms with E-state index in [4.69, 9.17) is 33.7 Å². The Morgan fingerprint density at radius 2 is 1.86 bits per heavy atom. The minimum Gasteiger partial charge on any atom is -0.381 e. The number of amides is 1. The summed E-state index contributed by atoms with van der Waals surface area (Å²) >= 11 is 12.5. The summed E-state index contributed by atoms with van der Waals surface area (Å²) in [5, 5.41) is 4.14. The molecule has 1 aromatic rings. The molecule has 0 saturated carbocycles. The van der Waals surface area contributed by atoms with Gasteiger partial charge in [-0.15, -0.1) is 0 Å². The highest BCUT2D eigenvalue weighted by molar-refractivity contribution is 6.36. The highest BCUT2D eigenvalue weighted by Gasteiger charge is 2.37. The maximum absolute atomic E-state index is 12.4. The van der Waals surface area contributed by atoms with Gasteiger partial charge in [-0.05, 0) is 30.5 Å². The first-order valence-corrected chi connectivity index (χ1v) is 8.11. The fraction of sp³-hybridized carbons (Fsp3) is 0.562. The average molecular weight is 345 g/mol. The van der Waals surface area contributed by atoms with Crippen LogP contribution in [0.3, 0.4) is 0 Å². The van der Waals surface area contributed by atoms with Crippen LogP contribution < -0.4 is 11.1 Å². The molecule has 0 aliphatic carbocycles. The van der Waals surface area contributed by atoms with Crippen LogP contribution in [0.4, 0.5) is 0 Å². The van der Waals surface area contributed by atoms with Crippen molar-refractivity contribution in [3.63, 3.8) is 0 Å². The van der Waals surface area contributed by atoms with Gasteiger partial charge in [-0.1, -0.05) is 43.1 Å². The Balaban J connectivity index is 2.08. The second-order valence-corrected chi connectivity index (χ2v) is 7.25. The van der Waals surface area contributed by atoms with E-state index in [9.17, 15) is 4.79 Å². The van der Waals surface area contributed by atoms with Crippen LogP contribution in [0.2, 0.25) is 10.0 Å². The number of benzene rings is 1. The summed E-state index contributed by atoms with van der Waals surface area (Å²) in [6.07, 6.45) is 1.07. The molecule has 0 aromatic heterocycles. The van der Waals surface area contributed by atoms with Crippen LogP contribution in [0, 0.1) is 0 Å². The molecule has 4 nitrogen and oxygen atoms in total. The SMILES string of the molecule is CC(C)(CNC(=O)C1(N)CCOCC1)c1c(Cl)cccc1Cl. The molecular weight excluding hydrogens is 323 g/mol. The zero-order chi connectivity index (χ0) is 16.4. The summed E-state index contributed by atoms with van der Waals surface area (Å²) in [6, 6.07) is 5.41. The number of nitrogens with two attached hydrogens (primary N) is 1. The molecule has 1 aromatic carbocycles. The molecule has 22 heavy (non-hydrogen) atoms. The summed E-state index contributed by atoms with van der Waals surface area (Å²) in [5.74, 6) is -0.146. The van der Waals surface area contributed by atoms with Crippen molar-refractivity contribution < 1.29 is 9.53 Å². The smallest absolute Gasteiger partial charge is 0.240 e. The third-order valence-corrected chi connectivity index (χ3v) is 4.80. The topological polar surface area (TPSA) is 64.4 Å². The van der Waals surface area contributed by atoms with Crippen LogP contribution in [0.15, 0.2) is 18.2 Å². The average Bonchev–Trinajstić information content (AvgIpc) is 2.45. The Labute approximate surface area is 141 Å². The van der Waals surface area contributed by atoms with Crippen LogP contribution >= 0.6 is 23.2 Å². The van der Waals surface area contributed by atoms with E-state index in [2.05, 4.69) is 5.32 Å². The van der Waals surface area contributed by atoms with Gasteiger partial charge < -0.3 is 15.8 Å². The van der Waals surface area contributed by atoms with E-state index in [0.29, 0.717) is 42.6 Å². The van der Waals surface area contributed by atoms with E-state index in [1.807, 2.05) is 13.8 Å². The van der Waals surface area contributed by atoms with E-state index >= 15 is 0 Å². The Kier molecular flexibility index (Phi) is 5.38. The first-order valence-electron chi connectivity index (χ1n) is 7.36. The molecule has 3 N–H and O–H groups in total. The quantitative estimate of drug-likeness (QED) is 0.882. The monoisotopic (exact) mass is 344 g/mol. The summed E-state index contributed by atoms with van der Waals surface area (Å²) in [6.45, 7) is 5.43. The number of rotatable bonds is 4. The standard InChI is InChI=1S/C16H22Cl2N2O2/c1-15(2,13-11(17)4-3-5-12(13)18)10-20-14(21)16(19)6-8-22-9-7-16/h3-5H,6-10,19H2,1-2H3,(H,20,21). The number of nitrogens with one attached hydrogen (secondary N) is 1. The number of ether oxygens (including phenoxy) is 1. The summed E-state index contributed by atoms with van der Waals surface area (Å²) in [7, 11) is 0. The molecular formula is C16H22Cl2N2O2. The van der Waals surface area contributed by atoms with Gasteiger partial charge in [-0.3, -0.25) is 4.79 Å². The van der Waals surface area contributed by atoms with Crippen molar-refractivity contribution in [3.8, 4) is 0 Å². The lowest BCUT2D eigenvalue weighted by atomic mass is 9.83. The minimum atomic E-state index is -0.849. The molecule has 0 atom stereocenters. The van der Waals surface area contributed by atoms with Crippen molar-refractivity contribution in [2.75, 3.05) is 19.8 Å². The molecule has 1 saturated heterocycles. The molecule has 6 heteroatoms. The van der Waals surface area contributed by atoms with Crippen LogP contribution in [0.25, 0.3) is 0 Å². The van der Waals surface area contributed by atoms with Gasteiger partial charge in [0.1, 0.15) is 0 Å². The Morgan fingerprint density at radius 3 is 2.41 bits per heavy atom. The van der Waals surface area contributed by atoms with Gasteiger partial charge in [0.2, 0.25) is 5.91 Å². The van der Waals surface area contributed by atoms with E-state index in [-0.39, 0.29) is 5.91 Å². The van der Waals surface area contributed by atoms with Crippen LogP contribution in [0.1, 0.15) is 32.3 Å². The second-order valence-electron chi connectivity index (χ2n) is 6.43. The zero-order valence-electron chi connectivity index (χ0n) is 12.9. The number of carbonyl (C=O) groups is 1. The maximum atomic E-state index is 12.4. The fourth-order valence-electron chi connectivity index (χ4n) is 2.67. The fourth-order valence-corrected chi connectivity index (χ4v) is 3.58. The van der Waals surface area contributed by atoms with Crippen molar-refractivity contribution >= 4 is 29.1 Å². The maximum Gasteiger partial charge on any atom is 0.240 e. The van der Waals surface area contributed by atoms with Crippen molar-refractivity contribution in [1.82, 2.24) is 5.32 Å². The Bertz CT molecular complexity index is 535. The summed E-state index contributed by atoms with van der Waals surface area (Å²) in [5.41, 5.74) is 5.77. The van der Waals surface area contributed by atoms with Crippen LogP contribution in [-0.4, -0.2) is 31.2 Å². The normalized spacial score (nSPS) is 18.0. The summed E-state index contributed by atoms with van der Waals surface area (Å²) < 4.78 is 5.27. The number of hydrogen-bond acceptors (Lipinski definition) is 3. The molecule has 1 heterocycles. The molecule has 0 bridgehead atoms. The van der Waals surface area contributed by atoms with Crippen molar-refractivity contribution in [2.45, 2.75) is 37.6 Å². The highest BCUT2D eigenvalue weighted by Crippen LogP contribution is 2.35. The number of hydrogen-bond donors (Lipinski definition) is 2. The third kappa shape index (κ3) is 3.74. The van der Waals surface area contributed by atoms with Crippen molar-refractivity contribution in [2.24, 2.45) is 5.73 Å². The van der Waals surface area contributed by atoms with E-state index in [1.54, 1.807) is 18.2 Å². The van der Waals surface area contributed by atoms with Gasteiger partial charge in [0.05, 0.1) is 5.54 Å². The lowest BCUT2D eigenvalue weighted by Gasteiger charge is -2.34. The zero-order valence-corrected chi connectivity index (χ0v) is 14.4. The molecule has 122 valence electrons. The molecule has 1 aliphatic rings. The molecule has 2 rings (SSSR count). The van der Waals surface area contributed by atoms with Gasteiger partial charge in [0.25, 0.3) is 0 Å². The van der Waals surface area contributed by atoms with E-state index < -0.39 is 11.0 Å². The highest BCUT2D eigenvalue weighted by atomic mass is 35.5. The lowest BCUT2D eigenvalue weighted by molar-refractivity contribution is -0.130. The van der Waals surface area contributed by atoms with E-state index in [1.165, 1.54) is 0 Å². The molecule has 0 unspecified atom stereocenters. The minimum absolute atomic E-state index is 0.146. The largest absolute Gasteiger partial charge is 0.381 e. The van der Waals surface area contributed by atoms with Gasteiger partial charge in [0, 0.05) is 35.2 Å². The summed E-state index contributed by atoms with van der Waals surface area (Å²) in [4.78, 5) is 12.4. The van der Waals surface area contributed by atoms with Crippen molar-refractivity contribution in [3.05, 3.63) is 33.8 Å². The first-order chi connectivity index (χ1) is 10.3. The molecule has 1 aliphatic heterocycles. The van der Waals surface area contributed by atoms with Gasteiger partial charge in [0.15, 0.2) is 0 Å². The number of halogens is 2. The van der Waals surface area contributed by atoms with E-state index in [0.717, 1.165) is 5.56 Å². The third-order valence-electron chi connectivity index (χ3n) is 4.17. The van der Waals surface area contributed by atoms with Gasteiger partial charge >= 0.3 is 0 Å². The number of carbonyl (C=O) groups excluding carboxylic acids is 1. The molecule has 1 fully saturated rings. The lowest BCUT2D eigenvalue weighted by Crippen LogP contribution is -2.58. The van der Waals surface area contributed by atoms with Gasteiger partial charge in [-0.25, -0.2) is 0 Å². The first kappa shape index (κ1) is 17.5. The van der Waals surface area contributed by atoms with Crippen LogP contribution in [0.5, 0.6) is 0 Å². The molecule has 1 amide bonds. The predicted molar refractivity (Wildman–Crippen MR) is 89.5 cm³/mol. The predicted octanol–water partition coefficient (Wildman–Crippen LogP) is 2.90. The molecule has 0 spiro atoms. The Hall–Kier alpha value is -0.810. The Morgan fingerprint density at radius 1 is 1.32 bits per heavy atom.